The summed E-state index contributed by atoms with van der Waals surface area (Å²) in [6.07, 6.45) is 1.54. The summed E-state index contributed by atoms with van der Waals surface area (Å²) in [6, 6.07) is 7.11. The van der Waals surface area contributed by atoms with Gasteiger partial charge in [-0.25, -0.2) is 0 Å². The maximum atomic E-state index is 12.2. The van der Waals surface area contributed by atoms with E-state index >= 15 is 0 Å². The maximum Gasteiger partial charge on any atom is 0.267 e. The van der Waals surface area contributed by atoms with E-state index in [1.54, 1.807) is 29.3 Å². The molecule has 1 N–H and O–H groups in total. The highest BCUT2D eigenvalue weighted by Crippen LogP contribution is 2.20. The van der Waals surface area contributed by atoms with Crippen molar-refractivity contribution >= 4 is 29.1 Å². The zero-order valence-electron chi connectivity index (χ0n) is 13.7. The monoisotopic (exact) mass is 346 g/mol. The summed E-state index contributed by atoms with van der Waals surface area (Å²) in [7, 11) is 0. The molecule has 2 amide bonds. The van der Waals surface area contributed by atoms with Crippen LogP contribution in [0.5, 0.6) is 0 Å². The fraction of sp³-hybridized carbons (Fsp3) is 0.353. The number of carbonyl (C=O) groups excluding carboxylic acids is 2. The number of nitrogens with one attached hydrogen (secondary N) is 1. The molecule has 1 fully saturated rings. The van der Waals surface area contributed by atoms with Crippen LogP contribution in [-0.2, 0) is 9.59 Å². The number of hydrogen-bond donors (Lipinski definition) is 1. The summed E-state index contributed by atoms with van der Waals surface area (Å²) in [5.41, 5.74) is 1.47. The molecule has 1 heterocycles. The van der Waals surface area contributed by atoms with Crippen LogP contribution < -0.4 is 5.32 Å². The third-order valence-corrected chi connectivity index (χ3v) is 4.27. The number of rotatable bonds is 3. The number of benzene rings is 1. The van der Waals surface area contributed by atoms with Gasteiger partial charge in [0.15, 0.2) is 0 Å². The van der Waals surface area contributed by atoms with Crippen molar-refractivity contribution in [2.45, 2.75) is 13.8 Å². The van der Waals surface area contributed by atoms with Crippen LogP contribution >= 0.6 is 11.6 Å². The van der Waals surface area contributed by atoms with Gasteiger partial charge in [0.05, 0.1) is 0 Å². The second-order valence-corrected chi connectivity index (χ2v) is 6.02. The molecule has 1 aromatic rings. The minimum absolute atomic E-state index is 0.0166. The Balaban J connectivity index is 2.02. The van der Waals surface area contributed by atoms with Gasteiger partial charge in [-0.3, -0.25) is 9.59 Å². The first-order chi connectivity index (χ1) is 11.4. The van der Waals surface area contributed by atoms with Gasteiger partial charge in [0.2, 0.25) is 5.91 Å². The Labute approximate surface area is 146 Å². The molecule has 0 aliphatic carbocycles. The highest BCUT2D eigenvalue weighted by Gasteiger charge is 2.18. The highest BCUT2D eigenvalue weighted by atomic mass is 35.5. The highest BCUT2D eigenvalue weighted by molar-refractivity contribution is 6.31. The minimum Gasteiger partial charge on any atom is -0.373 e. The average Bonchev–Trinajstić information content (AvgIpc) is 2.56. The summed E-state index contributed by atoms with van der Waals surface area (Å²) in [5, 5.41) is 12.5. The molecule has 2 rings (SSSR count). The molecular weight excluding hydrogens is 328 g/mol. The number of amides is 2. The second kappa shape index (κ2) is 7.84. The quantitative estimate of drug-likeness (QED) is 0.672. The van der Waals surface area contributed by atoms with Crippen molar-refractivity contribution in [2.75, 3.05) is 31.5 Å². The Kier molecular flexibility index (Phi) is 5.83. The second-order valence-electron chi connectivity index (χ2n) is 5.61. The Morgan fingerprint density at radius 1 is 1.29 bits per heavy atom. The molecule has 0 saturated carbocycles. The molecule has 1 aliphatic rings. The zero-order valence-corrected chi connectivity index (χ0v) is 14.4. The fourth-order valence-corrected chi connectivity index (χ4v) is 2.54. The molecule has 0 aromatic heterocycles. The molecule has 7 heteroatoms. The van der Waals surface area contributed by atoms with Crippen LogP contribution in [0.2, 0.25) is 5.02 Å². The lowest BCUT2D eigenvalue weighted by Crippen LogP contribution is -2.46. The van der Waals surface area contributed by atoms with Gasteiger partial charge in [-0.15, -0.1) is 0 Å². The van der Waals surface area contributed by atoms with Crippen molar-refractivity contribution in [3.8, 4) is 6.07 Å². The Hall–Kier alpha value is -2.52. The van der Waals surface area contributed by atoms with Gasteiger partial charge in [-0.1, -0.05) is 17.7 Å². The third-order valence-electron chi connectivity index (χ3n) is 3.87. The van der Waals surface area contributed by atoms with E-state index in [1.165, 1.54) is 6.92 Å². The van der Waals surface area contributed by atoms with Gasteiger partial charge in [0, 0.05) is 50.0 Å². The largest absolute Gasteiger partial charge is 0.373 e. The predicted molar refractivity (Wildman–Crippen MR) is 92.3 cm³/mol. The van der Waals surface area contributed by atoms with Gasteiger partial charge in [0.25, 0.3) is 5.91 Å². The lowest BCUT2D eigenvalue weighted by atomic mass is 10.2. The van der Waals surface area contributed by atoms with Crippen LogP contribution in [0, 0.1) is 18.3 Å². The number of anilines is 1. The van der Waals surface area contributed by atoms with Crippen LogP contribution in [0.15, 0.2) is 30.0 Å². The van der Waals surface area contributed by atoms with E-state index in [1.807, 2.05) is 17.9 Å². The van der Waals surface area contributed by atoms with E-state index < -0.39 is 5.91 Å². The van der Waals surface area contributed by atoms with Crippen LogP contribution in [-0.4, -0.2) is 47.8 Å². The first kappa shape index (κ1) is 17.8. The predicted octanol–water partition coefficient (Wildman–Crippen LogP) is 2.16. The van der Waals surface area contributed by atoms with Crippen molar-refractivity contribution in [1.29, 1.82) is 5.26 Å². The number of nitrogens with zero attached hydrogens (tertiary/aromatic N) is 3. The van der Waals surface area contributed by atoms with E-state index in [9.17, 15) is 14.9 Å². The van der Waals surface area contributed by atoms with E-state index in [4.69, 9.17) is 11.6 Å². The summed E-state index contributed by atoms with van der Waals surface area (Å²) >= 11 is 6.03. The third kappa shape index (κ3) is 4.49. The first-order valence-electron chi connectivity index (χ1n) is 7.59. The maximum absolute atomic E-state index is 12.2. The van der Waals surface area contributed by atoms with E-state index in [0.717, 1.165) is 5.56 Å². The lowest BCUT2D eigenvalue weighted by Gasteiger charge is -2.33. The molecule has 6 nitrogen and oxygen atoms in total. The van der Waals surface area contributed by atoms with Crippen LogP contribution in [0.3, 0.4) is 0 Å². The van der Waals surface area contributed by atoms with E-state index in [0.29, 0.717) is 36.9 Å². The molecule has 1 saturated heterocycles. The van der Waals surface area contributed by atoms with Gasteiger partial charge in [-0.05, 0) is 24.6 Å². The number of aryl methyl sites for hydroxylation is 1. The molecule has 24 heavy (non-hydrogen) atoms. The average molecular weight is 347 g/mol. The van der Waals surface area contributed by atoms with Crippen LogP contribution in [0.4, 0.5) is 5.69 Å². The Morgan fingerprint density at radius 3 is 2.50 bits per heavy atom. The number of nitriles is 1. The molecule has 0 radical (unpaired) electrons. The first-order valence-corrected chi connectivity index (χ1v) is 7.97. The summed E-state index contributed by atoms with van der Waals surface area (Å²) < 4.78 is 0. The summed E-state index contributed by atoms with van der Waals surface area (Å²) in [5.74, 6) is -0.445. The molecule has 0 bridgehead atoms. The molecular formula is C17H19ClN4O2. The number of piperazine rings is 1. The summed E-state index contributed by atoms with van der Waals surface area (Å²) in [6.45, 7) is 5.75. The Bertz CT molecular complexity index is 716. The smallest absolute Gasteiger partial charge is 0.267 e. The fourth-order valence-electron chi connectivity index (χ4n) is 2.36. The van der Waals surface area contributed by atoms with Crippen molar-refractivity contribution in [3.05, 3.63) is 40.6 Å². The van der Waals surface area contributed by atoms with Crippen LogP contribution in [0.1, 0.15) is 12.5 Å². The topological polar surface area (TPSA) is 76.4 Å². The molecule has 1 aliphatic heterocycles. The van der Waals surface area contributed by atoms with Gasteiger partial charge < -0.3 is 15.1 Å². The molecule has 0 unspecified atom stereocenters. The molecule has 1 aromatic carbocycles. The number of hydrogen-bond acceptors (Lipinski definition) is 4. The molecule has 0 spiro atoms. The van der Waals surface area contributed by atoms with Crippen LogP contribution in [0.25, 0.3) is 0 Å². The van der Waals surface area contributed by atoms with Gasteiger partial charge in [0.1, 0.15) is 11.6 Å². The number of carbonyl (C=O) groups is 2. The number of halogens is 1. The van der Waals surface area contributed by atoms with Crippen molar-refractivity contribution in [3.63, 3.8) is 0 Å². The Morgan fingerprint density at radius 2 is 1.96 bits per heavy atom. The molecule has 126 valence electrons. The normalized spacial score (nSPS) is 15.0. The van der Waals surface area contributed by atoms with Crippen molar-refractivity contribution in [1.82, 2.24) is 9.80 Å². The van der Waals surface area contributed by atoms with E-state index in [-0.39, 0.29) is 11.5 Å². The lowest BCUT2D eigenvalue weighted by molar-refractivity contribution is -0.130. The minimum atomic E-state index is -0.480. The van der Waals surface area contributed by atoms with Gasteiger partial charge >= 0.3 is 0 Å². The van der Waals surface area contributed by atoms with Gasteiger partial charge in [-0.2, -0.15) is 5.26 Å². The van der Waals surface area contributed by atoms with Crippen molar-refractivity contribution in [2.24, 2.45) is 0 Å². The zero-order chi connectivity index (χ0) is 17.7. The molecule has 0 atom stereocenters. The van der Waals surface area contributed by atoms with E-state index in [2.05, 4.69) is 5.32 Å². The van der Waals surface area contributed by atoms with Crippen molar-refractivity contribution < 1.29 is 9.59 Å². The SMILES string of the molecule is CC(=O)N1CCN(/C=C(/C#N)C(=O)Nc2ccc(C)c(Cl)c2)CC1. The standard InChI is InChI=1S/C17H19ClN4O2/c1-12-3-4-15(9-16(12)18)20-17(24)14(10-19)11-21-5-7-22(8-6-21)13(2)23/h3-4,9,11H,5-8H2,1-2H3,(H,20,24)/b14-11-. The summed E-state index contributed by atoms with van der Waals surface area (Å²) in [4.78, 5) is 27.2.